The van der Waals surface area contributed by atoms with E-state index in [1.54, 1.807) is 6.20 Å². The molecule has 2 aromatic rings. The summed E-state index contributed by atoms with van der Waals surface area (Å²) < 4.78 is 6.16. The summed E-state index contributed by atoms with van der Waals surface area (Å²) in [4.78, 5) is 33.7. The average Bonchev–Trinajstić information content (AvgIpc) is 3.70. The van der Waals surface area contributed by atoms with Gasteiger partial charge in [-0.1, -0.05) is 6.07 Å². The van der Waals surface area contributed by atoms with Gasteiger partial charge in [0.05, 0.1) is 6.04 Å². The fraction of sp³-hybridized carbons (Fsp3) is 0.500. The Morgan fingerprint density at radius 3 is 2.38 bits per heavy atom. The van der Waals surface area contributed by atoms with Gasteiger partial charge < -0.3 is 14.5 Å². The van der Waals surface area contributed by atoms with Crippen molar-refractivity contribution in [1.29, 1.82) is 0 Å². The topological polar surface area (TPSA) is 62.7 Å². The van der Waals surface area contributed by atoms with E-state index in [4.69, 9.17) is 4.74 Å². The molecule has 3 fully saturated rings. The smallest absolute Gasteiger partial charge is 0.254 e. The molecule has 2 amide bonds. The predicted octanol–water partition coefficient (Wildman–Crippen LogP) is 4.23. The highest BCUT2D eigenvalue weighted by Crippen LogP contribution is 2.33. The molecule has 2 aliphatic heterocycles. The van der Waals surface area contributed by atoms with Crippen molar-refractivity contribution < 1.29 is 14.3 Å². The lowest BCUT2D eigenvalue weighted by molar-refractivity contribution is -0.134. The van der Waals surface area contributed by atoms with E-state index in [9.17, 15) is 9.59 Å². The minimum atomic E-state index is 0.0667. The molecule has 1 saturated carbocycles. The first-order valence-electron chi connectivity index (χ1n) is 12.0. The number of hydrogen-bond donors (Lipinski definition) is 0. The number of carbonyl (C=O) groups is 2. The van der Waals surface area contributed by atoms with Crippen LogP contribution in [-0.4, -0.2) is 52.3 Å². The number of hydrogen-bond acceptors (Lipinski definition) is 4. The zero-order valence-corrected chi connectivity index (χ0v) is 18.5. The molecule has 3 heterocycles. The van der Waals surface area contributed by atoms with Crippen molar-refractivity contribution in [2.24, 2.45) is 5.92 Å². The van der Waals surface area contributed by atoms with Crippen LogP contribution < -0.4 is 4.74 Å². The maximum absolute atomic E-state index is 13.3. The van der Waals surface area contributed by atoms with E-state index in [0.717, 1.165) is 75.9 Å². The zero-order valence-electron chi connectivity index (χ0n) is 18.5. The van der Waals surface area contributed by atoms with Crippen LogP contribution in [0.3, 0.4) is 0 Å². The van der Waals surface area contributed by atoms with Crippen molar-refractivity contribution in [3.05, 3.63) is 59.9 Å². The second-order valence-corrected chi connectivity index (χ2v) is 9.24. The first-order chi connectivity index (χ1) is 15.7. The van der Waals surface area contributed by atoms with Gasteiger partial charge in [-0.3, -0.25) is 14.6 Å². The van der Waals surface area contributed by atoms with Crippen LogP contribution in [0.25, 0.3) is 0 Å². The predicted molar refractivity (Wildman–Crippen MR) is 121 cm³/mol. The molecule has 0 unspecified atom stereocenters. The van der Waals surface area contributed by atoms with Crippen molar-refractivity contribution in [2.45, 2.75) is 57.1 Å². The largest absolute Gasteiger partial charge is 0.490 e. The van der Waals surface area contributed by atoms with E-state index in [1.807, 2.05) is 46.3 Å². The highest BCUT2D eigenvalue weighted by Gasteiger charge is 2.35. The van der Waals surface area contributed by atoms with Crippen molar-refractivity contribution in [2.75, 3.05) is 19.6 Å². The molecule has 1 aliphatic carbocycles. The van der Waals surface area contributed by atoms with Crippen molar-refractivity contribution in [3.63, 3.8) is 0 Å². The van der Waals surface area contributed by atoms with Crippen LogP contribution in [0, 0.1) is 5.92 Å². The number of ether oxygens (including phenoxy) is 1. The van der Waals surface area contributed by atoms with Crippen molar-refractivity contribution in [3.8, 4) is 5.75 Å². The third-order valence-corrected chi connectivity index (χ3v) is 6.92. The maximum Gasteiger partial charge on any atom is 0.254 e. The number of nitrogens with zero attached hydrogens (tertiary/aromatic N) is 3. The Hall–Kier alpha value is -2.89. The molecule has 1 aromatic heterocycles. The van der Waals surface area contributed by atoms with E-state index in [2.05, 4.69) is 11.1 Å². The summed E-state index contributed by atoms with van der Waals surface area (Å²) >= 11 is 0. The minimum absolute atomic E-state index is 0.0667. The summed E-state index contributed by atoms with van der Waals surface area (Å²) in [5.41, 5.74) is 1.80. The molecule has 0 bridgehead atoms. The zero-order chi connectivity index (χ0) is 21.9. The van der Waals surface area contributed by atoms with Crippen LogP contribution >= 0.6 is 0 Å². The number of benzene rings is 1. The number of aromatic nitrogens is 1. The molecule has 0 radical (unpaired) electrons. The Morgan fingerprint density at radius 2 is 1.69 bits per heavy atom. The first kappa shape index (κ1) is 21.0. The normalized spacial score (nSPS) is 21.9. The van der Waals surface area contributed by atoms with E-state index >= 15 is 0 Å². The monoisotopic (exact) mass is 433 g/mol. The second kappa shape index (κ2) is 9.31. The van der Waals surface area contributed by atoms with Gasteiger partial charge in [0.1, 0.15) is 11.9 Å². The average molecular weight is 434 g/mol. The summed E-state index contributed by atoms with van der Waals surface area (Å²) in [5.74, 6) is 1.47. The van der Waals surface area contributed by atoms with E-state index < -0.39 is 0 Å². The molecule has 6 heteroatoms. The molecule has 1 aromatic carbocycles. The van der Waals surface area contributed by atoms with Gasteiger partial charge in [0.2, 0.25) is 5.91 Å². The molecule has 2 saturated heterocycles. The number of amides is 2. The number of rotatable bonds is 5. The highest BCUT2D eigenvalue weighted by molar-refractivity contribution is 5.94. The van der Waals surface area contributed by atoms with Crippen LogP contribution in [0.2, 0.25) is 0 Å². The summed E-state index contributed by atoms with van der Waals surface area (Å²) in [5, 5.41) is 0. The van der Waals surface area contributed by atoms with Gasteiger partial charge in [-0.25, -0.2) is 0 Å². The first-order valence-corrected chi connectivity index (χ1v) is 12.0. The summed E-state index contributed by atoms with van der Waals surface area (Å²) in [6.07, 6.45) is 10.7. The van der Waals surface area contributed by atoms with Gasteiger partial charge in [-0.2, -0.15) is 0 Å². The van der Waals surface area contributed by atoms with E-state index in [1.165, 1.54) is 0 Å². The Kier molecular flexibility index (Phi) is 6.10. The molecule has 5 rings (SSSR count). The summed E-state index contributed by atoms with van der Waals surface area (Å²) in [6.45, 7) is 2.33. The van der Waals surface area contributed by atoms with Crippen LogP contribution in [0.4, 0.5) is 0 Å². The Balaban J connectivity index is 1.19. The lowest BCUT2D eigenvalue weighted by Gasteiger charge is -2.36. The van der Waals surface area contributed by atoms with Crippen LogP contribution in [0.1, 0.15) is 66.9 Å². The Bertz CT molecular complexity index is 935. The molecule has 1 atom stereocenters. The standard InChI is InChI=1S/C26H31N3O3/c30-25(19-6-7-19)28-16-12-23(13-17-28)32-22-10-8-20(9-11-22)26(31)29-15-2-1-5-24(29)21-4-3-14-27-18-21/h3-4,8-11,14,18-19,23-24H,1-2,5-7,12-13,15-17H2/t24-/m0/s1. The molecular formula is C26H31N3O3. The minimum Gasteiger partial charge on any atom is -0.490 e. The van der Waals surface area contributed by atoms with Gasteiger partial charge in [0.25, 0.3) is 5.91 Å². The second-order valence-electron chi connectivity index (χ2n) is 9.24. The van der Waals surface area contributed by atoms with Crippen molar-refractivity contribution in [1.82, 2.24) is 14.8 Å². The third kappa shape index (κ3) is 4.64. The molecule has 0 N–H and O–H groups in total. The SMILES string of the molecule is O=C(C1CC1)N1CCC(Oc2ccc(C(=O)N3CCCC[C@H]3c3cccnc3)cc2)CC1. The van der Waals surface area contributed by atoms with Gasteiger partial charge in [-0.05, 0) is 68.0 Å². The number of pyridine rings is 1. The molecule has 168 valence electrons. The molecule has 0 spiro atoms. The lowest BCUT2D eigenvalue weighted by Crippen LogP contribution is -2.42. The van der Waals surface area contributed by atoms with E-state index in [0.29, 0.717) is 11.5 Å². The molecule has 6 nitrogen and oxygen atoms in total. The van der Waals surface area contributed by atoms with E-state index in [-0.39, 0.29) is 24.0 Å². The fourth-order valence-electron chi connectivity index (χ4n) is 4.91. The molecule has 32 heavy (non-hydrogen) atoms. The Morgan fingerprint density at radius 1 is 0.906 bits per heavy atom. The molecule has 3 aliphatic rings. The van der Waals surface area contributed by atoms with Gasteiger partial charge in [0, 0.05) is 56.4 Å². The van der Waals surface area contributed by atoms with Gasteiger partial charge in [-0.15, -0.1) is 0 Å². The number of carbonyl (C=O) groups excluding carboxylic acids is 2. The summed E-state index contributed by atoms with van der Waals surface area (Å²) in [7, 11) is 0. The number of likely N-dealkylation sites (tertiary alicyclic amines) is 2. The fourth-order valence-corrected chi connectivity index (χ4v) is 4.91. The summed E-state index contributed by atoms with van der Waals surface area (Å²) in [6, 6.07) is 11.6. The van der Waals surface area contributed by atoms with Gasteiger partial charge >= 0.3 is 0 Å². The highest BCUT2D eigenvalue weighted by atomic mass is 16.5. The third-order valence-electron chi connectivity index (χ3n) is 6.92. The van der Waals surface area contributed by atoms with Crippen LogP contribution in [-0.2, 0) is 4.79 Å². The Labute approximate surface area is 189 Å². The number of piperidine rings is 2. The van der Waals surface area contributed by atoms with Crippen LogP contribution in [0.15, 0.2) is 48.8 Å². The van der Waals surface area contributed by atoms with Crippen LogP contribution in [0.5, 0.6) is 5.75 Å². The van der Waals surface area contributed by atoms with Crippen molar-refractivity contribution >= 4 is 11.8 Å². The van der Waals surface area contributed by atoms with Gasteiger partial charge in [0.15, 0.2) is 0 Å². The maximum atomic E-state index is 13.3. The quantitative estimate of drug-likeness (QED) is 0.708. The lowest BCUT2D eigenvalue weighted by atomic mass is 9.95. The molecular weight excluding hydrogens is 402 g/mol.